The summed E-state index contributed by atoms with van der Waals surface area (Å²) < 4.78 is 4.46. The summed E-state index contributed by atoms with van der Waals surface area (Å²) in [6.45, 7) is 2.12. The third-order valence-electron chi connectivity index (χ3n) is 8.90. The predicted octanol–water partition coefficient (Wildman–Crippen LogP) is 9.31. The number of nitrogens with zero attached hydrogens (tertiary/aromatic N) is 5. The summed E-state index contributed by atoms with van der Waals surface area (Å²) in [6, 6.07) is 52.1. The Morgan fingerprint density at radius 1 is 0.609 bits per heavy atom. The van der Waals surface area contributed by atoms with E-state index < -0.39 is 0 Å². The van der Waals surface area contributed by atoms with Gasteiger partial charge in [-0.2, -0.15) is 12.7 Å². The summed E-state index contributed by atoms with van der Waals surface area (Å²) in [5, 5.41) is 2.33. The Bertz CT molecular complexity index is 2410. The molecule has 0 atom stereocenters. The van der Waals surface area contributed by atoms with Crippen molar-refractivity contribution in [1.29, 1.82) is 0 Å². The molecular weight excluding hydrogens is 746 g/mol. The Hall–Kier alpha value is -5.12. The first-order valence-corrected chi connectivity index (χ1v) is 15.1. The van der Waals surface area contributed by atoms with Gasteiger partial charge in [0.15, 0.2) is 0 Å². The molecule has 0 N–H and O–H groups in total. The van der Waals surface area contributed by atoms with Crippen LogP contribution in [0.25, 0.3) is 61.0 Å². The van der Waals surface area contributed by atoms with E-state index in [1.807, 2.05) is 6.07 Å². The molecule has 226 valence electrons. The van der Waals surface area contributed by atoms with Gasteiger partial charge < -0.3 is 18.9 Å². The van der Waals surface area contributed by atoms with Gasteiger partial charge in [0.1, 0.15) is 0 Å². The molecule has 5 nitrogen and oxygen atoms in total. The second-order valence-electron chi connectivity index (χ2n) is 11.5. The Morgan fingerprint density at radius 3 is 2.20 bits per heavy atom. The van der Waals surface area contributed by atoms with Crippen molar-refractivity contribution >= 4 is 49.9 Å². The van der Waals surface area contributed by atoms with Gasteiger partial charge in [0.25, 0.3) is 0 Å². The largest absolute Gasteiger partial charge is 0.504 e. The average Bonchev–Trinajstić information content (AvgIpc) is 3.74. The Morgan fingerprint density at radius 2 is 1.33 bits per heavy atom. The van der Waals surface area contributed by atoms with E-state index in [-0.39, 0.29) is 21.1 Å². The van der Waals surface area contributed by atoms with Gasteiger partial charge in [-0.15, -0.1) is 47.6 Å². The van der Waals surface area contributed by atoms with Crippen LogP contribution in [-0.4, -0.2) is 21.2 Å². The number of rotatable bonds is 4. The molecule has 3 heterocycles. The zero-order valence-electron chi connectivity index (χ0n) is 25.3. The second-order valence-corrected chi connectivity index (χ2v) is 11.5. The molecule has 0 fully saturated rings. The number of anilines is 3. The molecule has 0 unspecified atom stereocenters. The van der Waals surface area contributed by atoms with Crippen LogP contribution < -0.4 is 9.80 Å². The summed E-state index contributed by atoms with van der Waals surface area (Å²) in [5.74, 6) is 0.885. The zero-order valence-corrected chi connectivity index (χ0v) is 27.5. The minimum Gasteiger partial charge on any atom is -0.504 e. The molecule has 6 aromatic carbocycles. The summed E-state index contributed by atoms with van der Waals surface area (Å²) in [5.41, 5.74) is 11.7. The molecule has 0 aliphatic carbocycles. The molecule has 0 radical (unpaired) electrons. The van der Waals surface area contributed by atoms with Gasteiger partial charge in [-0.05, 0) is 47.8 Å². The number of para-hydroxylation sites is 4. The first kappa shape index (κ1) is 28.4. The van der Waals surface area contributed by atoms with Crippen molar-refractivity contribution in [1.82, 2.24) is 14.1 Å². The van der Waals surface area contributed by atoms with Gasteiger partial charge >= 0.3 is 0 Å². The van der Waals surface area contributed by atoms with Gasteiger partial charge in [0, 0.05) is 50.6 Å². The number of hydrogen-bond donors (Lipinski definition) is 0. The molecule has 0 amide bonds. The van der Waals surface area contributed by atoms with Crippen molar-refractivity contribution in [3.63, 3.8) is 0 Å². The van der Waals surface area contributed by atoms with Crippen LogP contribution in [0.2, 0.25) is 0 Å². The number of aryl methyl sites for hydroxylation is 1. The summed E-state index contributed by atoms with van der Waals surface area (Å²) >= 11 is 0. The van der Waals surface area contributed by atoms with Crippen LogP contribution in [0.3, 0.4) is 0 Å². The summed E-state index contributed by atoms with van der Waals surface area (Å²) in [6.07, 6.45) is 0. The molecule has 0 saturated carbocycles. The van der Waals surface area contributed by atoms with E-state index in [0.29, 0.717) is 0 Å². The molecule has 0 saturated heterocycles. The molecule has 46 heavy (non-hydrogen) atoms. The zero-order chi connectivity index (χ0) is 30.1. The van der Waals surface area contributed by atoms with Crippen molar-refractivity contribution < 1.29 is 21.1 Å². The minimum absolute atomic E-state index is 0. The standard InChI is InChI=1S/C40H28N5.Pt/c1-42-26-44(36-20-9-8-19-35(36)42)29-14-10-15-30(25-29)45-34-18-7-6-16-32(34)33-23-22-28(24-38(33)45)40-41-39-31(27-12-4-3-5-13-27)17-11-21-37(39)43(40)2;/h3-23,26H,1-2H3;/q-3;. The number of aromatic nitrogens is 3. The minimum atomic E-state index is 0. The molecular formula is C40H28N5Pt-3. The van der Waals surface area contributed by atoms with Crippen LogP contribution in [-0.2, 0) is 28.1 Å². The molecule has 0 spiro atoms. The van der Waals surface area contributed by atoms with Crippen molar-refractivity contribution in [2.45, 2.75) is 0 Å². The maximum Gasteiger partial charge on any atom is 0.0849 e. The summed E-state index contributed by atoms with van der Waals surface area (Å²) in [4.78, 5) is 9.57. The molecule has 0 bridgehead atoms. The molecule has 6 heteroatoms. The molecule has 9 rings (SSSR count). The van der Waals surface area contributed by atoms with E-state index in [0.717, 1.165) is 67.0 Å². The van der Waals surface area contributed by atoms with Crippen molar-refractivity contribution in [3.05, 3.63) is 146 Å². The van der Waals surface area contributed by atoms with Crippen molar-refractivity contribution in [2.24, 2.45) is 7.05 Å². The van der Waals surface area contributed by atoms with Gasteiger partial charge in [-0.3, -0.25) is 4.98 Å². The fourth-order valence-corrected chi connectivity index (χ4v) is 6.75. The van der Waals surface area contributed by atoms with Crippen LogP contribution in [0.5, 0.6) is 0 Å². The number of imidazole rings is 1. The van der Waals surface area contributed by atoms with Crippen LogP contribution in [0, 0.1) is 18.8 Å². The Labute approximate surface area is 282 Å². The quantitative estimate of drug-likeness (QED) is 0.167. The first-order valence-electron chi connectivity index (χ1n) is 15.1. The first-order chi connectivity index (χ1) is 22.2. The fraction of sp³-hybridized carbons (Fsp3) is 0.0500. The topological polar surface area (TPSA) is 29.2 Å². The fourth-order valence-electron chi connectivity index (χ4n) is 6.75. The second kappa shape index (κ2) is 11.0. The van der Waals surface area contributed by atoms with Crippen molar-refractivity contribution in [3.8, 4) is 28.2 Å². The van der Waals surface area contributed by atoms with E-state index in [2.05, 4.69) is 173 Å². The maximum absolute atomic E-state index is 5.22. The van der Waals surface area contributed by atoms with E-state index in [9.17, 15) is 0 Å². The number of benzene rings is 6. The van der Waals surface area contributed by atoms with Gasteiger partial charge in [0.2, 0.25) is 0 Å². The summed E-state index contributed by atoms with van der Waals surface area (Å²) in [7, 11) is 4.17. The van der Waals surface area contributed by atoms with Gasteiger partial charge in [0.05, 0.1) is 16.9 Å². The average molecular weight is 774 g/mol. The Kier molecular flexibility index (Phi) is 6.81. The third kappa shape index (κ3) is 4.30. The van der Waals surface area contributed by atoms with Gasteiger partial charge in [-0.25, -0.2) is 0 Å². The van der Waals surface area contributed by atoms with E-state index >= 15 is 0 Å². The number of fused-ring (bicyclic) bond motifs is 5. The normalized spacial score (nSPS) is 12.7. The maximum atomic E-state index is 5.22. The van der Waals surface area contributed by atoms with Gasteiger partial charge in [-0.1, -0.05) is 83.9 Å². The smallest absolute Gasteiger partial charge is 0.0849 e. The van der Waals surface area contributed by atoms with Crippen LogP contribution in [0.15, 0.2) is 127 Å². The molecule has 2 aromatic heterocycles. The SMILES string of the molecule is CN1[CH-]N(c2[c-]c(-n3c4[c-]c(-c5nc6c(-c7ccccc7)cccc6n5C)ccc4c4ccccc43)ccc2)c2ccccc21.[Pt]. The van der Waals surface area contributed by atoms with Crippen LogP contribution >= 0.6 is 0 Å². The molecule has 8 aromatic rings. The van der Waals surface area contributed by atoms with Crippen molar-refractivity contribution in [2.75, 3.05) is 16.8 Å². The molecule has 1 aliphatic rings. The monoisotopic (exact) mass is 773 g/mol. The van der Waals surface area contributed by atoms with E-state index in [1.165, 1.54) is 11.1 Å². The number of hydrogen-bond acceptors (Lipinski definition) is 3. The van der Waals surface area contributed by atoms with E-state index in [4.69, 9.17) is 4.98 Å². The van der Waals surface area contributed by atoms with Crippen LogP contribution in [0.4, 0.5) is 17.1 Å². The Balaban J connectivity index is 0.00000312. The third-order valence-corrected chi connectivity index (χ3v) is 8.90. The van der Waals surface area contributed by atoms with E-state index in [1.54, 1.807) is 0 Å². The van der Waals surface area contributed by atoms with Crippen LogP contribution in [0.1, 0.15) is 0 Å². The molecule has 1 aliphatic heterocycles. The predicted molar refractivity (Wildman–Crippen MR) is 185 cm³/mol.